The van der Waals surface area contributed by atoms with Crippen molar-refractivity contribution in [3.05, 3.63) is 35.9 Å². The van der Waals surface area contributed by atoms with Crippen molar-refractivity contribution >= 4 is 11.9 Å². The summed E-state index contributed by atoms with van der Waals surface area (Å²) in [5, 5.41) is 2.80. The van der Waals surface area contributed by atoms with Gasteiger partial charge in [-0.3, -0.25) is 4.79 Å². The van der Waals surface area contributed by atoms with Gasteiger partial charge in [-0.2, -0.15) is 0 Å². The molecule has 0 heterocycles. The third-order valence-electron chi connectivity index (χ3n) is 3.79. The van der Waals surface area contributed by atoms with Crippen LogP contribution in [0.2, 0.25) is 0 Å². The highest BCUT2D eigenvalue weighted by atomic mass is 16.5. The molecular weight excluding hydrogens is 294 g/mol. The van der Waals surface area contributed by atoms with Crippen molar-refractivity contribution in [3.8, 4) is 0 Å². The Hall–Kier alpha value is -2.08. The standard InChI is InChI=1S/C17H27N3O3/c1-12(2)23-14(13-9-7-6-8-10-13)11-19-16(22)20(5)17(3,4)15(18)21/h6-10,12,14H,11H2,1-5H3,(H2,18,21)(H,19,22). The number of primary amides is 1. The summed E-state index contributed by atoms with van der Waals surface area (Å²) in [4.78, 5) is 25.0. The highest BCUT2D eigenvalue weighted by Gasteiger charge is 2.33. The molecule has 0 aromatic heterocycles. The molecule has 0 spiro atoms. The third kappa shape index (κ3) is 5.25. The Morgan fingerprint density at radius 2 is 1.83 bits per heavy atom. The summed E-state index contributed by atoms with van der Waals surface area (Å²) in [5.41, 5.74) is 5.26. The van der Waals surface area contributed by atoms with E-state index < -0.39 is 11.4 Å². The van der Waals surface area contributed by atoms with Crippen LogP contribution in [-0.4, -0.2) is 42.1 Å². The molecule has 0 aliphatic carbocycles. The number of urea groups is 1. The van der Waals surface area contributed by atoms with Crippen molar-refractivity contribution in [2.45, 2.75) is 45.4 Å². The van der Waals surface area contributed by atoms with E-state index in [2.05, 4.69) is 5.32 Å². The predicted octanol–water partition coefficient (Wildman–Crippen LogP) is 2.06. The van der Waals surface area contributed by atoms with Crippen molar-refractivity contribution in [1.29, 1.82) is 0 Å². The summed E-state index contributed by atoms with van der Waals surface area (Å²) in [5.74, 6) is -0.562. The van der Waals surface area contributed by atoms with Gasteiger partial charge in [0.15, 0.2) is 0 Å². The smallest absolute Gasteiger partial charge is 0.318 e. The molecule has 1 aromatic rings. The zero-order valence-corrected chi connectivity index (χ0v) is 14.5. The fourth-order valence-corrected chi connectivity index (χ4v) is 1.96. The van der Waals surface area contributed by atoms with Gasteiger partial charge >= 0.3 is 6.03 Å². The molecule has 0 saturated carbocycles. The molecule has 1 atom stereocenters. The number of carbonyl (C=O) groups is 2. The fourth-order valence-electron chi connectivity index (χ4n) is 1.96. The van der Waals surface area contributed by atoms with Crippen LogP contribution in [0.4, 0.5) is 4.79 Å². The molecule has 128 valence electrons. The molecule has 0 bridgehead atoms. The van der Waals surface area contributed by atoms with Crippen LogP contribution in [-0.2, 0) is 9.53 Å². The number of rotatable bonds is 7. The topological polar surface area (TPSA) is 84.7 Å². The Morgan fingerprint density at radius 3 is 2.30 bits per heavy atom. The second kappa shape index (κ2) is 7.97. The first-order valence-corrected chi connectivity index (χ1v) is 7.68. The Balaban J connectivity index is 2.75. The number of carbonyl (C=O) groups excluding carboxylic acids is 2. The van der Waals surface area contributed by atoms with Gasteiger partial charge in [0.25, 0.3) is 0 Å². The molecule has 6 nitrogen and oxygen atoms in total. The number of nitrogens with one attached hydrogen (secondary N) is 1. The number of amides is 3. The third-order valence-corrected chi connectivity index (χ3v) is 3.79. The van der Waals surface area contributed by atoms with E-state index in [1.54, 1.807) is 20.9 Å². The molecule has 0 aliphatic heterocycles. The fraction of sp³-hybridized carbons (Fsp3) is 0.529. The van der Waals surface area contributed by atoms with E-state index in [-0.39, 0.29) is 18.2 Å². The van der Waals surface area contributed by atoms with E-state index in [1.807, 2.05) is 44.2 Å². The molecule has 6 heteroatoms. The minimum Gasteiger partial charge on any atom is -0.369 e. The van der Waals surface area contributed by atoms with Crippen molar-refractivity contribution in [3.63, 3.8) is 0 Å². The minimum absolute atomic E-state index is 0.0249. The normalized spacial score (nSPS) is 12.8. The Morgan fingerprint density at radius 1 is 1.26 bits per heavy atom. The lowest BCUT2D eigenvalue weighted by atomic mass is 10.0. The summed E-state index contributed by atoms with van der Waals surface area (Å²) in [6.07, 6.45) is -0.234. The van der Waals surface area contributed by atoms with Gasteiger partial charge in [-0.1, -0.05) is 30.3 Å². The number of likely N-dealkylation sites (N-methyl/N-ethyl adjacent to an activating group) is 1. The van der Waals surface area contributed by atoms with E-state index in [4.69, 9.17) is 10.5 Å². The average Bonchev–Trinajstić information content (AvgIpc) is 2.50. The summed E-state index contributed by atoms with van der Waals surface area (Å²) in [6, 6.07) is 9.32. The van der Waals surface area contributed by atoms with E-state index in [1.165, 1.54) is 4.90 Å². The molecule has 23 heavy (non-hydrogen) atoms. The molecule has 3 N–H and O–H groups in total. The Bertz CT molecular complexity index is 529. The predicted molar refractivity (Wildman–Crippen MR) is 89.8 cm³/mol. The van der Waals surface area contributed by atoms with Crippen LogP contribution < -0.4 is 11.1 Å². The average molecular weight is 321 g/mol. The van der Waals surface area contributed by atoms with Gasteiger partial charge in [-0.05, 0) is 33.3 Å². The lowest BCUT2D eigenvalue weighted by Crippen LogP contribution is -2.56. The molecule has 1 aromatic carbocycles. The molecule has 1 rings (SSSR count). The van der Waals surface area contributed by atoms with Crippen molar-refractivity contribution in [2.24, 2.45) is 5.73 Å². The molecule has 0 radical (unpaired) electrons. The quantitative estimate of drug-likeness (QED) is 0.806. The van der Waals surface area contributed by atoms with Crippen LogP contribution >= 0.6 is 0 Å². The lowest BCUT2D eigenvalue weighted by Gasteiger charge is -2.33. The van der Waals surface area contributed by atoms with Crippen LogP contribution in [0.15, 0.2) is 30.3 Å². The van der Waals surface area contributed by atoms with Crippen molar-refractivity contribution in [2.75, 3.05) is 13.6 Å². The van der Waals surface area contributed by atoms with Crippen LogP contribution in [0.3, 0.4) is 0 Å². The monoisotopic (exact) mass is 321 g/mol. The molecule has 0 aliphatic rings. The highest BCUT2D eigenvalue weighted by Crippen LogP contribution is 2.19. The summed E-state index contributed by atoms with van der Waals surface area (Å²) < 4.78 is 5.87. The second-order valence-corrected chi connectivity index (χ2v) is 6.25. The second-order valence-electron chi connectivity index (χ2n) is 6.25. The highest BCUT2D eigenvalue weighted by molar-refractivity contribution is 5.88. The van der Waals surface area contributed by atoms with Gasteiger partial charge in [-0.25, -0.2) is 4.79 Å². The van der Waals surface area contributed by atoms with E-state index in [0.29, 0.717) is 6.54 Å². The van der Waals surface area contributed by atoms with Gasteiger partial charge in [0.1, 0.15) is 11.6 Å². The first kappa shape index (κ1) is 19.0. The Kier molecular flexibility index (Phi) is 6.57. The molecule has 1 unspecified atom stereocenters. The van der Waals surface area contributed by atoms with E-state index in [0.717, 1.165) is 5.56 Å². The van der Waals surface area contributed by atoms with Crippen molar-refractivity contribution < 1.29 is 14.3 Å². The SMILES string of the molecule is CC(C)OC(CNC(=O)N(C)C(C)(C)C(N)=O)c1ccccc1. The number of nitrogens with two attached hydrogens (primary N) is 1. The lowest BCUT2D eigenvalue weighted by molar-refractivity contribution is -0.126. The van der Waals surface area contributed by atoms with Gasteiger partial charge in [0, 0.05) is 13.6 Å². The summed E-state index contributed by atoms with van der Waals surface area (Å²) in [6.45, 7) is 7.41. The molecule has 3 amide bonds. The maximum Gasteiger partial charge on any atom is 0.318 e. The Labute approximate surface area is 138 Å². The number of ether oxygens (including phenoxy) is 1. The van der Waals surface area contributed by atoms with Crippen LogP contribution in [0, 0.1) is 0 Å². The van der Waals surface area contributed by atoms with Crippen LogP contribution in [0.25, 0.3) is 0 Å². The van der Waals surface area contributed by atoms with Gasteiger partial charge in [-0.15, -0.1) is 0 Å². The number of hydrogen-bond acceptors (Lipinski definition) is 3. The minimum atomic E-state index is -1.06. The number of hydrogen-bond donors (Lipinski definition) is 2. The molecule has 0 saturated heterocycles. The number of benzene rings is 1. The maximum atomic E-state index is 12.3. The largest absolute Gasteiger partial charge is 0.369 e. The number of nitrogens with zero attached hydrogens (tertiary/aromatic N) is 1. The van der Waals surface area contributed by atoms with E-state index in [9.17, 15) is 9.59 Å². The zero-order chi connectivity index (χ0) is 17.6. The van der Waals surface area contributed by atoms with E-state index >= 15 is 0 Å². The van der Waals surface area contributed by atoms with Gasteiger partial charge in [0.2, 0.25) is 5.91 Å². The van der Waals surface area contributed by atoms with Crippen LogP contribution in [0.5, 0.6) is 0 Å². The first-order valence-electron chi connectivity index (χ1n) is 7.68. The summed E-state index contributed by atoms with van der Waals surface area (Å²) >= 11 is 0. The van der Waals surface area contributed by atoms with Gasteiger partial charge < -0.3 is 20.7 Å². The zero-order valence-electron chi connectivity index (χ0n) is 14.5. The van der Waals surface area contributed by atoms with Crippen molar-refractivity contribution in [1.82, 2.24) is 10.2 Å². The molecule has 0 fully saturated rings. The van der Waals surface area contributed by atoms with Gasteiger partial charge in [0.05, 0.1) is 6.10 Å². The van der Waals surface area contributed by atoms with Crippen LogP contribution in [0.1, 0.15) is 39.4 Å². The summed E-state index contributed by atoms with van der Waals surface area (Å²) in [7, 11) is 1.54. The first-order chi connectivity index (χ1) is 10.7. The maximum absolute atomic E-state index is 12.3. The molecular formula is C17H27N3O3.